The maximum absolute atomic E-state index is 12.9. The number of carbonyl (C=O) groups excluding carboxylic acids is 2. The Morgan fingerprint density at radius 3 is 2.35 bits per heavy atom. The summed E-state index contributed by atoms with van der Waals surface area (Å²) in [4.78, 5) is 25.2. The smallest absolute Gasteiger partial charge is 0.239 e. The molecule has 7 heteroatoms. The lowest BCUT2D eigenvalue weighted by Crippen LogP contribution is -2.29. The Morgan fingerprint density at radius 2 is 1.65 bits per heavy atom. The lowest BCUT2D eigenvalue weighted by Gasteiger charge is -2.13. The monoisotopic (exact) mass is 438 g/mol. The fraction of sp³-hybridized carbons (Fsp3) is 0.167. The summed E-state index contributed by atoms with van der Waals surface area (Å²) in [6, 6.07) is 19.3. The highest BCUT2D eigenvalue weighted by molar-refractivity contribution is 6.31. The average Bonchev–Trinajstić information content (AvgIpc) is 2.81. The van der Waals surface area contributed by atoms with Gasteiger partial charge in [0.1, 0.15) is 0 Å². The minimum Gasteiger partial charge on any atom is -0.493 e. The van der Waals surface area contributed by atoms with E-state index in [0.717, 1.165) is 5.56 Å². The second kappa shape index (κ2) is 10.5. The molecule has 0 aliphatic rings. The van der Waals surface area contributed by atoms with Crippen LogP contribution >= 0.6 is 11.6 Å². The van der Waals surface area contributed by atoms with E-state index in [9.17, 15) is 9.59 Å². The van der Waals surface area contributed by atoms with Gasteiger partial charge in [0, 0.05) is 28.4 Å². The zero-order valence-electron chi connectivity index (χ0n) is 17.3. The van der Waals surface area contributed by atoms with E-state index in [0.29, 0.717) is 39.9 Å². The Balaban J connectivity index is 1.63. The number of amides is 1. The number of carbonyl (C=O) groups is 2. The molecule has 0 aliphatic carbocycles. The number of rotatable bonds is 9. The third kappa shape index (κ3) is 5.77. The van der Waals surface area contributed by atoms with Crippen LogP contribution in [0.2, 0.25) is 5.02 Å². The summed E-state index contributed by atoms with van der Waals surface area (Å²) in [7, 11) is 3.13. The maximum atomic E-state index is 12.9. The van der Waals surface area contributed by atoms with Crippen molar-refractivity contribution in [2.45, 2.75) is 6.54 Å². The molecule has 0 saturated heterocycles. The summed E-state index contributed by atoms with van der Waals surface area (Å²) in [6.07, 6.45) is 0. The number of hydrogen-bond donors (Lipinski definition) is 2. The van der Waals surface area contributed by atoms with Crippen LogP contribution in [0.15, 0.2) is 66.7 Å². The molecule has 3 rings (SSSR count). The van der Waals surface area contributed by atoms with Crippen molar-refractivity contribution in [3.8, 4) is 11.5 Å². The highest BCUT2D eigenvalue weighted by Crippen LogP contribution is 2.27. The first-order chi connectivity index (χ1) is 15.0. The number of ether oxygens (including phenoxy) is 2. The fourth-order valence-corrected chi connectivity index (χ4v) is 3.20. The normalized spacial score (nSPS) is 10.3. The van der Waals surface area contributed by atoms with Crippen LogP contribution in [0.25, 0.3) is 0 Å². The van der Waals surface area contributed by atoms with E-state index in [1.54, 1.807) is 62.8 Å². The predicted molar refractivity (Wildman–Crippen MR) is 121 cm³/mol. The van der Waals surface area contributed by atoms with Gasteiger partial charge in [0.25, 0.3) is 0 Å². The Hall–Kier alpha value is -3.51. The first kappa shape index (κ1) is 22.2. The third-order valence-corrected chi connectivity index (χ3v) is 4.87. The Bertz CT molecular complexity index is 1070. The zero-order chi connectivity index (χ0) is 22.2. The topological polar surface area (TPSA) is 76.7 Å². The van der Waals surface area contributed by atoms with E-state index in [-0.39, 0.29) is 18.2 Å². The molecule has 0 radical (unpaired) electrons. The molecule has 0 fully saturated rings. The SMILES string of the molecule is COc1ccc(CNC(=O)CNc2ccc(Cl)cc2C(=O)c2ccccc2)cc1OC. The maximum Gasteiger partial charge on any atom is 0.239 e. The van der Waals surface area contributed by atoms with Crippen molar-refractivity contribution in [3.05, 3.63) is 88.4 Å². The fourth-order valence-electron chi connectivity index (χ4n) is 3.03. The lowest BCUT2D eigenvalue weighted by molar-refractivity contribution is -0.119. The van der Waals surface area contributed by atoms with Gasteiger partial charge in [0.15, 0.2) is 17.3 Å². The number of hydrogen-bond acceptors (Lipinski definition) is 5. The summed E-state index contributed by atoms with van der Waals surface area (Å²) in [5, 5.41) is 6.32. The van der Waals surface area contributed by atoms with Crippen LogP contribution in [0.4, 0.5) is 5.69 Å². The Kier molecular flexibility index (Phi) is 7.51. The van der Waals surface area contributed by atoms with Crippen LogP contribution in [0, 0.1) is 0 Å². The van der Waals surface area contributed by atoms with Crippen LogP contribution < -0.4 is 20.1 Å². The molecule has 160 valence electrons. The van der Waals surface area contributed by atoms with Crippen molar-refractivity contribution in [2.24, 2.45) is 0 Å². The number of benzene rings is 3. The summed E-state index contributed by atoms with van der Waals surface area (Å²) in [5.74, 6) is 0.828. The van der Waals surface area contributed by atoms with Gasteiger partial charge in [-0.05, 0) is 35.9 Å². The molecule has 3 aromatic rings. The molecule has 0 bridgehead atoms. The lowest BCUT2D eigenvalue weighted by atomic mass is 10.0. The van der Waals surface area contributed by atoms with E-state index in [2.05, 4.69) is 10.6 Å². The molecule has 0 aliphatic heterocycles. The van der Waals surface area contributed by atoms with E-state index < -0.39 is 0 Å². The van der Waals surface area contributed by atoms with Gasteiger partial charge in [0.05, 0.1) is 20.8 Å². The van der Waals surface area contributed by atoms with E-state index in [1.165, 1.54) is 0 Å². The number of nitrogens with one attached hydrogen (secondary N) is 2. The molecule has 6 nitrogen and oxygen atoms in total. The van der Waals surface area contributed by atoms with E-state index in [4.69, 9.17) is 21.1 Å². The number of methoxy groups -OCH3 is 2. The first-order valence-electron chi connectivity index (χ1n) is 9.62. The van der Waals surface area contributed by atoms with Crippen molar-refractivity contribution in [2.75, 3.05) is 26.1 Å². The van der Waals surface area contributed by atoms with Crippen molar-refractivity contribution in [1.29, 1.82) is 0 Å². The number of ketones is 1. The highest BCUT2D eigenvalue weighted by atomic mass is 35.5. The van der Waals surface area contributed by atoms with Crippen LogP contribution in [0.3, 0.4) is 0 Å². The molecule has 0 heterocycles. The molecule has 2 N–H and O–H groups in total. The minimum atomic E-state index is -0.220. The largest absolute Gasteiger partial charge is 0.493 e. The molecule has 0 spiro atoms. The van der Waals surface area contributed by atoms with Gasteiger partial charge in [-0.3, -0.25) is 9.59 Å². The number of anilines is 1. The predicted octanol–water partition coefficient (Wildman–Crippen LogP) is 4.32. The molecule has 0 atom stereocenters. The van der Waals surface area contributed by atoms with Crippen molar-refractivity contribution in [3.63, 3.8) is 0 Å². The second-order valence-corrected chi connectivity index (χ2v) is 7.14. The standard InChI is InChI=1S/C24H23ClN2O4/c1-30-21-11-8-16(12-22(21)31-2)14-27-23(28)15-26-20-10-9-18(25)13-19(20)24(29)17-6-4-3-5-7-17/h3-13,26H,14-15H2,1-2H3,(H,27,28). The summed E-state index contributed by atoms with van der Waals surface area (Å²) >= 11 is 6.10. The molecule has 3 aromatic carbocycles. The third-order valence-electron chi connectivity index (χ3n) is 4.64. The van der Waals surface area contributed by atoms with E-state index in [1.807, 2.05) is 18.2 Å². The van der Waals surface area contributed by atoms with Gasteiger partial charge in [-0.1, -0.05) is 48.0 Å². The molecule has 0 saturated carbocycles. The Morgan fingerprint density at radius 1 is 0.903 bits per heavy atom. The van der Waals surface area contributed by atoms with Gasteiger partial charge >= 0.3 is 0 Å². The minimum absolute atomic E-state index is 0.00396. The zero-order valence-corrected chi connectivity index (χ0v) is 18.0. The molecular weight excluding hydrogens is 416 g/mol. The first-order valence-corrected chi connectivity index (χ1v) is 10.0. The summed E-state index contributed by atoms with van der Waals surface area (Å²) in [5.41, 5.74) is 2.37. The Labute approximate surface area is 186 Å². The molecule has 1 amide bonds. The second-order valence-electron chi connectivity index (χ2n) is 6.70. The summed E-state index contributed by atoms with van der Waals surface area (Å²) < 4.78 is 10.5. The summed E-state index contributed by atoms with van der Waals surface area (Å²) in [6.45, 7) is 0.335. The number of halogens is 1. The molecule has 31 heavy (non-hydrogen) atoms. The van der Waals surface area contributed by atoms with Crippen molar-refractivity contribution >= 4 is 29.0 Å². The van der Waals surface area contributed by atoms with Gasteiger partial charge < -0.3 is 20.1 Å². The molecule has 0 unspecified atom stereocenters. The van der Waals surface area contributed by atoms with Gasteiger partial charge in [-0.25, -0.2) is 0 Å². The highest BCUT2D eigenvalue weighted by Gasteiger charge is 2.15. The van der Waals surface area contributed by atoms with Crippen LogP contribution in [0.5, 0.6) is 11.5 Å². The van der Waals surface area contributed by atoms with Crippen molar-refractivity contribution in [1.82, 2.24) is 5.32 Å². The quantitative estimate of drug-likeness (QED) is 0.487. The van der Waals surface area contributed by atoms with Gasteiger partial charge in [-0.2, -0.15) is 0 Å². The van der Waals surface area contributed by atoms with Gasteiger partial charge in [0.2, 0.25) is 5.91 Å². The van der Waals surface area contributed by atoms with E-state index >= 15 is 0 Å². The van der Waals surface area contributed by atoms with Gasteiger partial charge in [-0.15, -0.1) is 0 Å². The molecular formula is C24H23ClN2O4. The van der Waals surface area contributed by atoms with Crippen LogP contribution in [-0.2, 0) is 11.3 Å². The van der Waals surface area contributed by atoms with Crippen LogP contribution in [-0.4, -0.2) is 32.5 Å². The molecule has 0 aromatic heterocycles. The van der Waals surface area contributed by atoms with Crippen LogP contribution in [0.1, 0.15) is 21.5 Å². The van der Waals surface area contributed by atoms with Crippen molar-refractivity contribution < 1.29 is 19.1 Å². The average molecular weight is 439 g/mol.